The summed E-state index contributed by atoms with van der Waals surface area (Å²) in [5.74, 6) is 0.279. The highest BCUT2D eigenvalue weighted by Crippen LogP contribution is 2.21. The SMILES string of the molecule is Cc1nc([N+](=O)[O-])cn1CC(=O)N1CCC2CCC(C1)N2. The van der Waals surface area contributed by atoms with Crippen LogP contribution in [0, 0.1) is 17.0 Å². The zero-order valence-electron chi connectivity index (χ0n) is 12.0. The van der Waals surface area contributed by atoms with Gasteiger partial charge in [0.25, 0.3) is 0 Å². The first kappa shape index (κ1) is 14.0. The second kappa shape index (κ2) is 5.44. The number of nitrogens with one attached hydrogen (secondary N) is 1. The van der Waals surface area contributed by atoms with E-state index in [0.29, 0.717) is 17.9 Å². The topological polar surface area (TPSA) is 93.3 Å². The van der Waals surface area contributed by atoms with E-state index in [1.807, 2.05) is 4.90 Å². The van der Waals surface area contributed by atoms with Gasteiger partial charge in [-0.05, 0) is 29.2 Å². The summed E-state index contributed by atoms with van der Waals surface area (Å²) in [7, 11) is 0. The molecular formula is C13H19N5O3. The van der Waals surface area contributed by atoms with Crippen molar-refractivity contribution in [3.8, 4) is 0 Å². The molecule has 2 aliphatic rings. The van der Waals surface area contributed by atoms with Gasteiger partial charge in [0, 0.05) is 32.1 Å². The zero-order valence-corrected chi connectivity index (χ0v) is 12.0. The first-order chi connectivity index (χ1) is 10.0. The number of hydrogen-bond donors (Lipinski definition) is 1. The molecule has 8 heteroatoms. The minimum atomic E-state index is -0.539. The number of nitrogens with zero attached hydrogens (tertiary/aromatic N) is 4. The van der Waals surface area contributed by atoms with Crippen LogP contribution >= 0.6 is 0 Å². The molecule has 2 aliphatic heterocycles. The molecule has 1 aromatic heterocycles. The molecule has 1 aromatic rings. The average Bonchev–Trinajstić information content (AvgIpc) is 2.93. The summed E-state index contributed by atoms with van der Waals surface area (Å²) in [6.07, 6.45) is 4.62. The molecule has 2 bridgehead atoms. The van der Waals surface area contributed by atoms with Gasteiger partial charge in [-0.2, -0.15) is 0 Å². The maximum absolute atomic E-state index is 12.4. The van der Waals surface area contributed by atoms with Crippen LogP contribution in [0.4, 0.5) is 5.82 Å². The molecule has 0 aromatic carbocycles. The predicted octanol–water partition coefficient (Wildman–Crippen LogP) is 0.453. The lowest BCUT2D eigenvalue weighted by atomic mass is 10.1. The number of carbonyl (C=O) groups is 1. The van der Waals surface area contributed by atoms with Gasteiger partial charge < -0.3 is 20.3 Å². The highest BCUT2D eigenvalue weighted by Gasteiger charge is 2.31. The van der Waals surface area contributed by atoms with Crippen molar-refractivity contribution < 1.29 is 9.72 Å². The Bertz CT molecular complexity index is 570. The molecular weight excluding hydrogens is 274 g/mol. The van der Waals surface area contributed by atoms with Gasteiger partial charge in [0.15, 0.2) is 0 Å². The number of fused-ring (bicyclic) bond motifs is 2. The van der Waals surface area contributed by atoms with Crippen molar-refractivity contribution in [3.05, 3.63) is 22.1 Å². The minimum absolute atomic E-state index is 0.000233. The molecule has 21 heavy (non-hydrogen) atoms. The molecule has 2 unspecified atom stereocenters. The molecule has 3 rings (SSSR count). The second-order valence-electron chi connectivity index (χ2n) is 5.80. The Morgan fingerprint density at radius 1 is 1.48 bits per heavy atom. The lowest BCUT2D eigenvalue weighted by Gasteiger charge is -2.24. The highest BCUT2D eigenvalue weighted by molar-refractivity contribution is 5.76. The minimum Gasteiger partial charge on any atom is -0.358 e. The summed E-state index contributed by atoms with van der Waals surface area (Å²) in [5.41, 5.74) is 0. The van der Waals surface area contributed by atoms with Crippen molar-refractivity contribution in [2.75, 3.05) is 13.1 Å². The van der Waals surface area contributed by atoms with Crippen LogP contribution in [0.1, 0.15) is 25.1 Å². The van der Waals surface area contributed by atoms with Gasteiger partial charge in [0.2, 0.25) is 11.7 Å². The molecule has 2 atom stereocenters. The van der Waals surface area contributed by atoms with E-state index in [-0.39, 0.29) is 18.3 Å². The third kappa shape index (κ3) is 2.90. The molecule has 0 radical (unpaired) electrons. The highest BCUT2D eigenvalue weighted by atomic mass is 16.6. The van der Waals surface area contributed by atoms with E-state index in [1.54, 1.807) is 11.5 Å². The van der Waals surface area contributed by atoms with E-state index in [4.69, 9.17) is 0 Å². The van der Waals surface area contributed by atoms with Crippen LogP contribution in [0.15, 0.2) is 6.20 Å². The van der Waals surface area contributed by atoms with E-state index < -0.39 is 4.92 Å². The summed E-state index contributed by atoms with van der Waals surface area (Å²) in [6.45, 7) is 3.27. The lowest BCUT2D eigenvalue weighted by molar-refractivity contribution is -0.389. The van der Waals surface area contributed by atoms with Crippen molar-refractivity contribution in [3.63, 3.8) is 0 Å². The van der Waals surface area contributed by atoms with Crippen LogP contribution in [0.25, 0.3) is 0 Å². The standard InChI is InChI=1S/C13H19N5O3/c1-9-14-12(18(20)21)7-17(9)8-13(19)16-5-4-10-2-3-11(6-16)15-10/h7,10-11,15H,2-6,8H2,1H3. The number of aromatic nitrogens is 2. The van der Waals surface area contributed by atoms with E-state index >= 15 is 0 Å². The van der Waals surface area contributed by atoms with Crippen LogP contribution in [0.5, 0.6) is 0 Å². The first-order valence-electron chi connectivity index (χ1n) is 7.25. The molecule has 8 nitrogen and oxygen atoms in total. The molecule has 114 valence electrons. The monoisotopic (exact) mass is 293 g/mol. The molecule has 3 heterocycles. The molecule has 0 saturated carbocycles. The largest absolute Gasteiger partial charge is 0.381 e. The van der Waals surface area contributed by atoms with Crippen LogP contribution in [-0.4, -0.2) is 50.5 Å². The molecule has 0 spiro atoms. The number of hydrogen-bond acceptors (Lipinski definition) is 5. The third-order valence-corrected chi connectivity index (χ3v) is 4.33. The van der Waals surface area contributed by atoms with Crippen molar-refractivity contribution in [1.82, 2.24) is 19.8 Å². The Kier molecular flexibility index (Phi) is 3.62. The van der Waals surface area contributed by atoms with Gasteiger partial charge in [0.05, 0.1) is 0 Å². The number of carbonyl (C=O) groups excluding carboxylic acids is 1. The smallest absolute Gasteiger partial charge is 0.358 e. The normalized spacial score (nSPS) is 24.9. The first-order valence-corrected chi connectivity index (χ1v) is 7.25. The van der Waals surface area contributed by atoms with Crippen LogP contribution in [0.2, 0.25) is 0 Å². The van der Waals surface area contributed by atoms with Crippen LogP contribution in [0.3, 0.4) is 0 Å². The Hall–Kier alpha value is -1.96. The Balaban J connectivity index is 1.67. The predicted molar refractivity (Wildman–Crippen MR) is 74.8 cm³/mol. The van der Waals surface area contributed by atoms with E-state index in [2.05, 4.69) is 10.3 Å². The number of likely N-dealkylation sites (tertiary alicyclic amines) is 1. The average molecular weight is 293 g/mol. The quantitative estimate of drug-likeness (QED) is 0.645. The number of imidazole rings is 1. The number of amides is 1. The molecule has 2 fully saturated rings. The van der Waals surface area contributed by atoms with Gasteiger partial charge in [-0.15, -0.1) is 0 Å². The molecule has 0 aliphatic carbocycles. The van der Waals surface area contributed by atoms with Gasteiger partial charge in [0.1, 0.15) is 12.7 Å². The number of rotatable bonds is 3. The van der Waals surface area contributed by atoms with Gasteiger partial charge in [-0.25, -0.2) is 0 Å². The second-order valence-corrected chi connectivity index (χ2v) is 5.80. The fourth-order valence-corrected chi connectivity index (χ4v) is 3.15. The van der Waals surface area contributed by atoms with Gasteiger partial charge in [-0.1, -0.05) is 0 Å². The summed E-state index contributed by atoms with van der Waals surface area (Å²) in [4.78, 5) is 28.3. The van der Waals surface area contributed by atoms with Gasteiger partial charge >= 0.3 is 5.82 Å². The van der Waals surface area contributed by atoms with Crippen LogP contribution in [-0.2, 0) is 11.3 Å². The molecule has 1 amide bonds. The van der Waals surface area contributed by atoms with Crippen molar-refractivity contribution in [2.24, 2.45) is 0 Å². The molecule has 1 N–H and O–H groups in total. The lowest BCUT2D eigenvalue weighted by Crippen LogP contribution is -2.40. The van der Waals surface area contributed by atoms with Crippen LogP contribution < -0.4 is 5.32 Å². The number of aryl methyl sites for hydroxylation is 1. The summed E-state index contributed by atoms with van der Waals surface area (Å²) < 4.78 is 1.55. The molecule has 2 saturated heterocycles. The van der Waals surface area contributed by atoms with E-state index in [0.717, 1.165) is 25.9 Å². The fraction of sp³-hybridized carbons (Fsp3) is 0.692. The maximum atomic E-state index is 12.4. The Morgan fingerprint density at radius 3 is 2.95 bits per heavy atom. The fourth-order valence-electron chi connectivity index (χ4n) is 3.15. The summed E-state index contributed by atoms with van der Waals surface area (Å²) >= 11 is 0. The third-order valence-electron chi connectivity index (χ3n) is 4.33. The van der Waals surface area contributed by atoms with Crippen molar-refractivity contribution in [2.45, 2.75) is 44.8 Å². The van der Waals surface area contributed by atoms with Gasteiger partial charge in [-0.3, -0.25) is 9.36 Å². The zero-order chi connectivity index (χ0) is 15.0. The Morgan fingerprint density at radius 2 is 2.24 bits per heavy atom. The van der Waals surface area contributed by atoms with Crippen molar-refractivity contribution >= 4 is 11.7 Å². The maximum Gasteiger partial charge on any atom is 0.381 e. The Labute approximate surface area is 122 Å². The summed E-state index contributed by atoms with van der Waals surface area (Å²) in [6, 6.07) is 0.920. The van der Waals surface area contributed by atoms with Crippen molar-refractivity contribution in [1.29, 1.82) is 0 Å². The number of nitro groups is 1. The van der Waals surface area contributed by atoms with E-state index in [1.165, 1.54) is 12.6 Å². The van der Waals surface area contributed by atoms with E-state index in [9.17, 15) is 14.9 Å². The summed E-state index contributed by atoms with van der Waals surface area (Å²) in [5, 5.41) is 14.2.